The van der Waals surface area contributed by atoms with Gasteiger partial charge in [-0.25, -0.2) is 9.88 Å². The van der Waals surface area contributed by atoms with Crippen molar-refractivity contribution in [3.05, 3.63) is 34.6 Å². The van der Waals surface area contributed by atoms with Crippen molar-refractivity contribution in [2.75, 3.05) is 4.90 Å². The Balaban J connectivity index is 2.27. The summed E-state index contributed by atoms with van der Waals surface area (Å²) in [5.74, 6) is -0.265. The monoisotopic (exact) mass is 306 g/mol. The molecule has 90 valence electrons. The van der Waals surface area contributed by atoms with Gasteiger partial charge in [0.15, 0.2) is 11.5 Å². The summed E-state index contributed by atoms with van der Waals surface area (Å²) < 4.78 is 6.17. The first-order chi connectivity index (χ1) is 8.58. The highest BCUT2D eigenvalue weighted by atomic mass is 79.9. The van der Waals surface area contributed by atoms with Crippen molar-refractivity contribution in [1.82, 2.24) is 4.98 Å². The van der Waals surface area contributed by atoms with Gasteiger partial charge in [0.25, 0.3) is 11.8 Å². The number of hydrogen-bond acceptors (Lipinski definition) is 4. The van der Waals surface area contributed by atoms with Gasteiger partial charge in [-0.15, -0.1) is 0 Å². The number of oxazole rings is 1. The van der Waals surface area contributed by atoms with Crippen LogP contribution in [0.15, 0.2) is 33.2 Å². The van der Waals surface area contributed by atoms with Gasteiger partial charge in [0.1, 0.15) is 5.52 Å². The van der Waals surface area contributed by atoms with E-state index in [9.17, 15) is 9.59 Å². The van der Waals surface area contributed by atoms with Crippen molar-refractivity contribution < 1.29 is 14.0 Å². The van der Waals surface area contributed by atoms with E-state index in [0.29, 0.717) is 22.7 Å². The summed E-state index contributed by atoms with van der Waals surface area (Å²) in [6.07, 6.45) is 2.48. The molecule has 1 aliphatic rings. The van der Waals surface area contributed by atoms with Crippen LogP contribution < -0.4 is 4.90 Å². The molecule has 0 spiro atoms. The molecule has 2 aromatic rings. The molecular weight excluding hydrogens is 300 g/mol. The van der Waals surface area contributed by atoms with Crippen molar-refractivity contribution in [2.24, 2.45) is 0 Å². The van der Waals surface area contributed by atoms with Crippen molar-refractivity contribution in [3.63, 3.8) is 0 Å². The number of hydrogen-bond donors (Lipinski definition) is 0. The van der Waals surface area contributed by atoms with Crippen LogP contribution in [0.2, 0.25) is 0 Å². The number of rotatable bonds is 1. The minimum absolute atomic E-state index is 0.371. The van der Waals surface area contributed by atoms with Crippen LogP contribution >= 0.6 is 15.9 Å². The Morgan fingerprint density at radius 3 is 2.56 bits per heavy atom. The topological polar surface area (TPSA) is 63.4 Å². The number of nitrogens with zero attached hydrogens (tertiary/aromatic N) is 2. The van der Waals surface area contributed by atoms with Crippen LogP contribution in [-0.4, -0.2) is 16.8 Å². The van der Waals surface area contributed by atoms with E-state index in [-0.39, 0.29) is 11.8 Å². The molecule has 2 amide bonds. The molecule has 3 rings (SSSR count). The normalized spacial score (nSPS) is 15.1. The van der Waals surface area contributed by atoms with Gasteiger partial charge in [-0.2, -0.15) is 0 Å². The van der Waals surface area contributed by atoms with E-state index < -0.39 is 0 Å². The Bertz CT molecular complexity index is 699. The van der Waals surface area contributed by atoms with Crippen molar-refractivity contribution in [2.45, 2.75) is 6.92 Å². The van der Waals surface area contributed by atoms with Crippen molar-refractivity contribution in [1.29, 1.82) is 0 Å². The molecule has 0 atom stereocenters. The third kappa shape index (κ3) is 1.49. The van der Waals surface area contributed by atoms with Gasteiger partial charge < -0.3 is 4.42 Å². The fourth-order valence-corrected chi connectivity index (χ4v) is 2.29. The number of carbonyl (C=O) groups is 2. The molecule has 1 aromatic carbocycles. The predicted molar refractivity (Wildman–Crippen MR) is 68.1 cm³/mol. The van der Waals surface area contributed by atoms with E-state index in [1.54, 1.807) is 19.1 Å². The third-order valence-electron chi connectivity index (χ3n) is 2.63. The molecule has 0 saturated heterocycles. The number of anilines is 1. The molecule has 0 saturated carbocycles. The van der Waals surface area contributed by atoms with E-state index in [4.69, 9.17) is 4.42 Å². The molecule has 0 radical (unpaired) electrons. The van der Waals surface area contributed by atoms with Crippen molar-refractivity contribution >= 4 is 44.5 Å². The fraction of sp³-hybridized carbons (Fsp3) is 0.0833. The first kappa shape index (κ1) is 11.2. The average Bonchev–Trinajstić information content (AvgIpc) is 2.85. The van der Waals surface area contributed by atoms with Gasteiger partial charge in [-0.05, 0) is 28.1 Å². The maximum absolute atomic E-state index is 11.7. The number of benzene rings is 1. The second-order valence-electron chi connectivity index (χ2n) is 3.82. The van der Waals surface area contributed by atoms with Gasteiger partial charge in [0.05, 0.1) is 10.2 Å². The van der Waals surface area contributed by atoms with E-state index in [0.717, 1.165) is 9.37 Å². The standard InChI is InChI=1S/C12H7BrN2O3/c1-6-14-11-8(3-2-7(13)12(11)18-6)15-9(16)4-5-10(15)17/h2-5H,1H3. The molecule has 0 aliphatic carbocycles. The van der Waals surface area contributed by atoms with Crippen LogP contribution in [0.4, 0.5) is 5.69 Å². The first-order valence-electron chi connectivity index (χ1n) is 5.19. The second kappa shape index (κ2) is 3.78. The Labute approximate surface area is 110 Å². The molecular formula is C12H7BrN2O3. The summed E-state index contributed by atoms with van der Waals surface area (Å²) in [4.78, 5) is 28.6. The molecule has 0 fully saturated rings. The number of halogens is 1. The van der Waals surface area contributed by atoms with Gasteiger partial charge >= 0.3 is 0 Å². The summed E-state index contributed by atoms with van der Waals surface area (Å²) in [7, 11) is 0. The largest absolute Gasteiger partial charge is 0.440 e. The average molecular weight is 307 g/mol. The van der Waals surface area contributed by atoms with Crippen LogP contribution in [0.5, 0.6) is 0 Å². The molecule has 5 nitrogen and oxygen atoms in total. The lowest BCUT2D eigenvalue weighted by Crippen LogP contribution is -2.29. The van der Waals surface area contributed by atoms with Crippen LogP contribution in [0.1, 0.15) is 5.89 Å². The molecule has 0 unspecified atom stereocenters. The smallest absolute Gasteiger partial charge is 0.258 e. The highest BCUT2D eigenvalue weighted by Crippen LogP contribution is 2.33. The van der Waals surface area contributed by atoms with Gasteiger partial charge in [-0.1, -0.05) is 0 Å². The lowest BCUT2D eigenvalue weighted by atomic mass is 10.2. The number of amides is 2. The van der Waals surface area contributed by atoms with Gasteiger partial charge in [-0.3, -0.25) is 9.59 Å². The van der Waals surface area contributed by atoms with Crippen LogP contribution in [0, 0.1) is 6.92 Å². The molecule has 2 heterocycles. The third-order valence-corrected chi connectivity index (χ3v) is 3.26. The predicted octanol–water partition coefficient (Wildman–Crippen LogP) is 2.33. The molecule has 1 aromatic heterocycles. The molecule has 6 heteroatoms. The minimum atomic E-state index is -0.371. The Morgan fingerprint density at radius 2 is 1.89 bits per heavy atom. The summed E-state index contributed by atoms with van der Waals surface area (Å²) >= 11 is 3.35. The van der Waals surface area contributed by atoms with Gasteiger partial charge in [0.2, 0.25) is 0 Å². The molecule has 1 aliphatic heterocycles. The molecule has 18 heavy (non-hydrogen) atoms. The number of imide groups is 1. The summed E-state index contributed by atoms with van der Waals surface area (Å²) in [5.41, 5.74) is 1.45. The number of carbonyl (C=O) groups excluding carboxylic acids is 2. The highest BCUT2D eigenvalue weighted by molar-refractivity contribution is 9.10. The fourth-order valence-electron chi connectivity index (χ4n) is 1.89. The zero-order valence-electron chi connectivity index (χ0n) is 9.31. The maximum atomic E-state index is 11.7. The van der Waals surface area contributed by atoms with Crippen LogP contribution in [0.3, 0.4) is 0 Å². The Kier molecular flexibility index (Phi) is 2.34. The van der Waals surface area contributed by atoms with E-state index in [2.05, 4.69) is 20.9 Å². The van der Waals surface area contributed by atoms with Crippen LogP contribution in [-0.2, 0) is 9.59 Å². The second-order valence-corrected chi connectivity index (χ2v) is 4.68. The minimum Gasteiger partial charge on any atom is -0.440 e. The summed E-state index contributed by atoms with van der Waals surface area (Å²) in [6, 6.07) is 3.39. The Morgan fingerprint density at radius 1 is 1.22 bits per heavy atom. The van der Waals surface area contributed by atoms with Crippen molar-refractivity contribution in [3.8, 4) is 0 Å². The SMILES string of the molecule is Cc1nc2c(N3C(=O)C=CC3=O)ccc(Br)c2o1. The summed E-state index contributed by atoms with van der Waals surface area (Å²) in [5, 5.41) is 0. The first-order valence-corrected chi connectivity index (χ1v) is 5.99. The van der Waals surface area contributed by atoms with Gasteiger partial charge in [0, 0.05) is 19.1 Å². The lowest BCUT2D eigenvalue weighted by molar-refractivity contribution is -0.119. The summed E-state index contributed by atoms with van der Waals surface area (Å²) in [6.45, 7) is 1.71. The zero-order chi connectivity index (χ0) is 12.9. The number of fused-ring (bicyclic) bond motifs is 1. The number of aromatic nitrogens is 1. The maximum Gasteiger partial charge on any atom is 0.258 e. The lowest BCUT2D eigenvalue weighted by Gasteiger charge is -2.13. The zero-order valence-corrected chi connectivity index (χ0v) is 10.9. The quantitative estimate of drug-likeness (QED) is 0.759. The van der Waals surface area contributed by atoms with E-state index in [1.165, 1.54) is 12.2 Å². The molecule has 0 N–H and O–H groups in total. The molecule has 0 bridgehead atoms. The highest BCUT2D eigenvalue weighted by Gasteiger charge is 2.28. The van der Waals surface area contributed by atoms with E-state index >= 15 is 0 Å². The van der Waals surface area contributed by atoms with Crippen LogP contribution in [0.25, 0.3) is 11.1 Å². The Hall–Kier alpha value is -1.95. The number of aryl methyl sites for hydroxylation is 1. The van der Waals surface area contributed by atoms with E-state index in [1.807, 2.05) is 0 Å².